The molecule has 0 aliphatic carbocycles. The molecule has 2 amide bonds. The maximum Gasteiger partial charge on any atom is 0.328 e. The zero-order chi connectivity index (χ0) is 14.4. The van der Waals surface area contributed by atoms with E-state index in [1.807, 2.05) is 0 Å². The second-order valence-electron chi connectivity index (χ2n) is 3.81. The van der Waals surface area contributed by atoms with Gasteiger partial charge in [0.2, 0.25) is 0 Å². The van der Waals surface area contributed by atoms with Gasteiger partial charge >= 0.3 is 12.0 Å². The number of nitrogens with one attached hydrogen (secondary N) is 1. The lowest BCUT2D eigenvalue weighted by Crippen LogP contribution is -2.49. The number of anilines is 1. The van der Waals surface area contributed by atoms with Gasteiger partial charge in [-0.15, -0.1) is 0 Å². The molecule has 0 saturated carbocycles. The van der Waals surface area contributed by atoms with Crippen LogP contribution < -0.4 is 10.2 Å². The minimum atomic E-state index is -1.22. The standard InChI is InChI=1S/C12H15FN2O4/c1-15(10-6-4-3-5-8(10)13)12(18)14-9(7-19-2)11(16)17/h3-6,9H,7H2,1-2H3,(H,14,18)(H,16,17). The Balaban J connectivity index is 2.77. The molecular weight excluding hydrogens is 255 g/mol. The van der Waals surface area contributed by atoms with E-state index in [0.29, 0.717) is 0 Å². The number of nitrogens with zero attached hydrogens (tertiary/aromatic N) is 1. The first-order chi connectivity index (χ1) is 8.97. The third-order valence-corrected chi connectivity index (χ3v) is 2.45. The van der Waals surface area contributed by atoms with Gasteiger partial charge in [-0.25, -0.2) is 14.0 Å². The van der Waals surface area contributed by atoms with Crippen molar-refractivity contribution in [3.63, 3.8) is 0 Å². The maximum atomic E-state index is 13.5. The molecule has 19 heavy (non-hydrogen) atoms. The van der Waals surface area contributed by atoms with Crippen molar-refractivity contribution in [3.05, 3.63) is 30.1 Å². The average Bonchev–Trinajstić information content (AvgIpc) is 2.37. The lowest BCUT2D eigenvalue weighted by molar-refractivity contribution is -0.140. The topological polar surface area (TPSA) is 78.9 Å². The third-order valence-electron chi connectivity index (χ3n) is 2.45. The zero-order valence-electron chi connectivity index (χ0n) is 10.6. The molecule has 6 nitrogen and oxygen atoms in total. The van der Waals surface area contributed by atoms with E-state index in [-0.39, 0.29) is 12.3 Å². The van der Waals surface area contributed by atoms with Crippen LogP contribution in [0.2, 0.25) is 0 Å². The Kier molecular flexibility index (Phi) is 5.25. The first-order valence-corrected chi connectivity index (χ1v) is 5.48. The molecule has 0 aliphatic rings. The van der Waals surface area contributed by atoms with Crippen LogP contribution in [0.15, 0.2) is 24.3 Å². The molecule has 1 aromatic carbocycles. The van der Waals surface area contributed by atoms with Crippen LogP contribution in [-0.2, 0) is 9.53 Å². The van der Waals surface area contributed by atoms with Crippen LogP contribution in [0.1, 0.15) is 0 Å². The summed E-state index contributed by atoms with van der Waals surface area (Å²) in [6.45, 7) is -0.174. The lowest BCUT2D eigenvalue weighted by Gasteiger charge is -2.21. The summed E-state index contributed by atoms with van der Waals surface area (Å²) in [5, 5.41) is 11.1. The van der Waals surface area contributed by atoms with Gasteiger partial charge in [-0.1, -0.05) is 12.1 Å². The number of carboxylic acid groups (broad SMARTS) is 1. The Bertz CT molecular complexity index is 467. The van der Waals surface area contributed by atoms with Gasteiger partial charge < -0.3 is 15.2 Å². The van der Waals surface area contributed by atoms with Gasteiger partial charge in [-0.05, 0) is 12.1 Å². The number of urea groups is 1. The predicted octanol–water partition coefficient (Wildman–Crippen LogP) is 1.07. The van der Waals surface area contributed by atoms with E-state index in [4.69, 9.17) is 5.11 Å². The summed E-state index contributed by atoms with van der Waals surface area (Å²) >= 11 is 0. The summed E-state index contributed by atoms with van der Waals surface area (Å²) in [6, 6.07) is 3.78. The number of benzene rings is 1. The van der Waals surface area contributed by atoms with E-state index in [0.717, 1.165) is 4.90 Å². The molecule has 1 unspecified atom stereocenters. The third kappa shape index (κ3) is 3.92. The summed E-state index contributed by atoms with van der Waals surface area (Å²) in [5.74, 6) is -1.80. The summed E-state index contributed by atoms with van der Waals surface area (Å²) in [7, 11) is 2.67. The highest BCUT2D eigenvalue weighted by atomic mass is 19.1. The van der Waals surface area contributed by atoms with Crippen molar-refractivity contribution in [2.24, 2.45) is 0 Å². The molecule has 0 spiro atoms. The van der Waals surface area contributed by atoms with Crippen molar-refractivity contribution in [2.45, 2.75) is 6.04 Å². The van der Waals surface area contributed by atoms with Crippen LogP contribution in [-0.4, -0.2) is 43.9 Å². The Morgan fingerprint density at radius 2 is 2.11 bits per heavy atom. The number of carbonyl (C=O) groups is 2. The quantitative estimate of drug-likeness (QED) is 0.839. The van der Waals surface area contributed by atoms with E-state index < -0.39 is 23.9 Å². The van der Waals surface area contributed by atoms with Crippen molar-refractivity contribution in [3.8, 4) is 0 Å². The molecule has 0 radical (unpaired) electrons. The number of rotatable bonds is 5. The second-order valence-corrected chi connectivity index (χ2v) is 3.81. The molecule has 0 heterocycles. The van der Waals surface area contributed by atoms with Crippen LogP contribution in [0.5, 0.6) is 0 Å². The molecule has 1 aromatic rings. The highest BCUT2D eigenvalue weighted by Crippen LogP contribution is 2.16. The van der Waals surface area contributed by atoms with Crippen LogP contribution >= 0.6 is 0 Å². The maximum absolute atomic E-state index is 13.5. The Labute approximate surface area is 109 Å². The van der Waals surface area contributed by atoms with Gasteiger partial charge in [-0.3, -0.25) is 4.90 Å². The molecule has 0 saturated heterocycles. The molecule has 0 aliphatic heterocycles. The van der Waals surface area contributed by atoms with Crippen LogP contribution in [0, 0.1) is 5.82 Å². The number of methoxy groups -OCH3 is 1. The fourth-order valence-corrected chi connectivity index (χ4v) is 1.42. The lowest BCUT2D eigenvalue weighted by atomic mass is 10.3. The van der Waals surface area contributed by atoms with E-state index in [2.05, 4.69) is 10.1 Å². The van der Waals surface area contributed by atoms with Crippen molar-refractivity contribution in [1.82, 2.24) is 5.32 Å². The van der Waals surface area contributed by atoms with E-state index >= 15 is 0 Å². The predicted molar refractivity (Wildman–Crippen MR) is 66.6 cm³/mol. The van der Waals surface area contributed by atoms with Gasteiger partial charge in [0.15, 0.2) is 6.04 Å². The Morgan fingerprint density at radius 1 is 1.47 bits per heavy atom. The number of para-hydroxylation sites is 1. The van der Waals surface area contributed by atoms with Crippen molar-refractivity contribution < 1.29 is 23.8 Å². The van der Waals surface area contributed by atoms with Gasteiger partial charge in [0.25, 0.3) is 0 Å². The van der Waals surface area contributed by atoms with Gasteiger partial charge in [0, 0.05) is 14.2 Å². The summed E-state index contributed by atoms with van der Waals surface area (Å²) in [4.78, 5) is 23.7. The Hall–Kier alpha value is -2.15. The SMILES string of the molecule is COCC(NC(=O)N(C)c1ccccc1F)C(=O)O. The van der Waals surface area contributed by atoms with Crippen molar-refractivity contribution in [2.75, 3.05) is 25.7 Å². The van der Waals surface area contributed by atoms with Crippen LogP contribution in [0.3, 0.4) is 0 Å². The molecule has 104 valence electrons. The van der Waals surface area contributed by atoms with Crippen molar-refractivity contribution in [1.29, 1.82) is 0 Å². The fraction of sp³-hybridized carbons (Fsp3) is 0.333. The highest BCUT2D eigenvalue weighted by molar-refractivity contribution is 5.94. The number of carbonyl (C=O) groups excluding carboxylic acids is 1. The molecule has 2 N–H and O–H groups in total. The summed E-state index contributed by atoms with van der Waals surface area (Å²) in [5.41, 5.74) is 0.0570. The molecule has 0 aromatic heterocycles. The summed E-state index contributed by atoms with van der Waals surface area (Å²) in [6.07, 6.45) is 0. The van der Waals surface area contributed by atoms with Gasteiger partial charge in [0.1, 0.15) is 5.82 Å². The number of amides is 2. The zero-order valence-corrected chi connectivity index (χ0v) is 10.6. The smallest absolute Gasteiger partial charge is 0.328 e. The number of ether oxygens (including phenoxy) is 1. The summed E-state index contributed by atoms with van der Waals surface area (Å²) < 4.78 is 18.2. The molecule has 0 bridgehead atoms. The second kappa shape index (κ2) is 6.69. The largest absolute Gasteiger partial charge is 0.480 e. The van der Waals surface area contributed by atoms with Crippen LogP contribution in [0.4, 0.5) is 14.9 Å². The molecule has 7 heteroatoms. The first kappa shape index (κ1) is 14.9. The first-order valence-electron chi connectivity index (χ1n) is 5.48. The minimum absolute atomic E-state index is 0.0570. The van der Waals surface area contributed by atoms with Gasteiger partial charge in [-0.2, -0.15) is 0 Å². The molecular formula is C12H15FN2O4. The molecule has 1 rings (SSSR count). The van der Waals surface area contributed by atoms with Crippen molar-refractivity contribution >= 4 is 17.7 Å². The number of halogens is 1. The number of carboxylic acids is 1. The normalized spacial score (nSPS) is 11.7. The van der Waals surface area contributed by atoms with E-state index in [1.165, 1.54) is 32.4 Å². The van der Waals surface area contributed by atoms with E-state index in [9.17, 15) is 14.0 Å². The molecule has 1 atom stereocenters. The van der Waals surface area contributed by atoms with Crippen LogP contribution in [0.25, 0.3) is 0 Å². The van der Waals surface area contributed by atoms with E-state index in [1.54, 1.807) is 6.07 Å². The Morgan fingerprint density at radius 3 is 2.63 bits per heavy atom. The molecule has 0 fully saturated rings. The number of aliphatic carboxylic acids is 1. The average molecular weight is 270 g/mol. The highest BCUT2D eigenvalue weighted by Gasteiger charge is 2.23. The number of hydrogen-bond donors (Lipinski definition) is 2. The number of hydrogen-bond acceptors (Lipinski definition) is 3. The fourth-order valence-electron chi connectivity index (χ4n) is 1.42. The minimum Gasteiger partial charge on any atom is -0.480 e. The monoisotopic (exact) mass is 270 g/mol. The van der Waals surface area contributed by atoms with Gasteiger partial charge in [0.05, 0.1) is 12.3 Å².